The Balaban J connectivity index is 5.39. The van der Waals surface area contributed by atoms with E-state index in [0.717, 1.165) is 0 Å². The maximum atomic E-state index is 11.1. The van der Waals surface area contributed by atoms with Gasteiger partial charge in [0.15, 0.2) is 10.9 Å². The molecule has 2 N–H and O–H groups in total. The highest BCUT2D eigenvalue weighted by Gasteiger charge is 2.36. The zero-order chi connectivity index (χ0) is 16.9. The van der Waals surface area contributed by atoms with Crippen LogP contribution in [0.4, 0.5) is 0 Å². The van der Waals surface area contributed by atoms with Crippen LogP contribution >= 0.6 is 6.72 Å². The minimum Gasteiger partial charge on any atom is -0.309 e. The van der Waals surface area contributed by atoms with Crippen molar-refractivity contribution >= 4 is 38.8 Å². The molecule has 0 fully saturated rings. The lowest BCUT2D eigenvalue weighted by molar-refractivity contribution is 0.127. The first kappa shape index (κ1) is 21.4. The predicted molar refractivity (Wildman–Crippen MR) is 79.3 cm³/mol. The number of hydrogen-bond acceptors (Lipinski definition) is 8. The molecule has 0 aliphatic rings. The third-order valence-corrected chi connectivity index (χ3v) is 7.02. The van der Waals surface area contributed by atoms with Gasteiger partial charge in [-0.1, -0.05) is 13.8 Å². The van der Waals surface area contributed by atoms with E-state index < -0.39 is 37.8 Å². The molecule has 0 radical (unpaired) electrons. The van der Waals surface area contributed by atoms with Crippen LogP contribution in [0.2, 0.25) is 0 Å². The molecule has 0 spiro atoms. The fourth-order valence-corrected chi connectivity index (χ4v) is 6.23. The van der Waals surface area contributed by atoms with E-state index in [4.69, 9.17) is 34.5 Å². The average molecular weight is 386 g/mol. The standard InChI is InChI=1S/C8H19O9PS3/c1-4-7(20(9,10)11)16-18(19,15-6-3)17-8(5-2)21(12,13)14/h7-8H,4-6H2,1-3H3,(H,9,10,11)(H,12,13,14). The van der Waals surface area contributed by atoms with E-state index >= 15 is 0 Å². The molecule has 0 aromatic carbocycles. The Morgan fingerprint density at radius 1 is 0.952 bits per heavy atom. The first-order chi connectivity index (χ1) is 9.39. The van der Waals surface area contributed by atoms with E-state index in [2.05, 4.69) is 0 Å². The number of rotatable bonds is 10. The summed E-state index contributed by atoms with van der Waals surface area (Å²) in [6.45, 7) is 0.481. The fourth-order valence-electron chi connectivity index (χ4n) is 1.21. The monoisotopic (exact) mass is 386 g/mol. The molecule has 128 valence electrons. The SMILES string of the molecule is CCOP(=S)(OC(CC)S(=O)(=O)O)OC(CC)S(=O)(=O)O. The Morgan fingerprint density at radius 2 is 1.29 bits per heavy atom. The highest BCUT2D eigenvalue weighted by atomic mass is 32.5. The summed E-state index contributed by atoms with van der Waals surface area (Å²) in [5, 5.41) is 0. The highest BCUT2D eigenvalue weighted by Crippen LogP contribution is 2.53. The second-order valence-corrected chi connectivity index (χ2v) is 9.81. The Hall–Kier alpha value is 0.350. The zero-order valence-electron chi connectivity index (χ0n) is 11.7. The van der Waals surface area contributed by atoms with Gasteiger partial charge < -0.3 is 4.52 Å². The Morgan fingerprint density at radius 3 is 1.48 bits per heavy atom. The molecule has 2 unspecified atom stereocenters. The third kappa shape index (κ3) is 7.44. The van der Waals surface area contributed by atoms with Crippen molar-refractivity contribution < 1.29 is 39.5 Å². The number of hydrogen-bond donors (Lipinski definition) is 2. The molecule has 0 saturated carbocycles. The normalized spacial score (nSPS) is 18.9. The van der Waals surface area contributed by atoms with Crippen molar-refractivity contribution in [3.63, 3.8) is 0 Å². The zero-order valence-corrected chi connectivity index (χ0v) is 15.0. The Labute approximate surface area is 129 Å². The lowest BCUT2D eigenvalue weighted by Crippen LogP contribution is -2.27. The molecule has 0 saturated heterocycles. The van der Waals surface area contributed by atoms with Crippen LogP contribution < -0.4 is 0 Å². The van der Waals surface area contributed by atoms with E-state index in [1.807, 2.05) is 0 Å². The highest BCUT2D eigenvalue weighted by molar-refractivity contribution is 8.08. The topological polar surface area (TPSA) is 136 Å². The van der Waals surface area contributed by atoms with Crippen LogP contribution in [0.25, 0.3) is 0 Å². The molecular weight excluding hydrogens is 367 g/mol. The van der Waals surface area contributed by atoms with Crippen LogP contribution in [0.3, 0.4) is 0 Å². The van der Waals surface area contributed by atoms with Gasteiger partial charge in [0.1, 0.15) is 0 Å². The Bertz CT molecular complexity index is 524. The van der Waals surface area contributed by atoms with Crippen molar-refractivity contribution in [1.82, 2.24) is 0 Å². The van der Waals surface area contributed by atoms with Gasteiger partial charge in [0.05, 0.1) is 6.61 Å². The largest absolute Gasteiger partial charge is 0.329 e. The van der Waals surface area contributed by atoms with Crippen molar-refractivity contribution in [2.24, 2.45) is 0 Å². The van der Waals surface area contributed by atoms with Crippen LogP contribution in [0.15, 0.2) is 0 Å². The van der Waals surface area contributed by atoms with Crippen molar-refractivity contribution in [3.8, 4) is 0 Å². The quantitative estimate of drug-likeness (QED) is 0.420. The summed E-state index contributed by atoms with van der Waals surface area (Å²) in [7, 11) is -9.16. The molecule has 0 aliphatic heterocycles. The van der Waals surface area contributed by atoms with E-state index in [1.165, 1.54) is 20.8 Å². The first-order valence-electron chi connectivity index (χ1n) is 5.93. The van der Waals surface area contributed by atoms with Gasteiger partial charge in [-0.25, -0.2) is 0 Å². The lowest BCUT2D eigenvalue weighted by atomic mass is 10.5. The van der Waals surface area contributed by atoms with Gasteiger partial charge >= 0.3 is 6.72 Å². The van der Waals surface area contributed by atoms with Gasteiger partial charge in [-0.15, -0.1) is 0 Å². The summed E-state index contributed by atoms with van der Waals surface area (Å²) in [5.41, 5.74) is -3.43. The molecule has 0 bridgehead atoms. The molecule has 0 heterocycles. The van der Waals surface area contributed by atoms with Crippen LogP contribution in [0.1, 0.15) is 33.6 Å². The molecule has 13 heteroatoms. The van der Waals surface area contributed by atoms with E-state index in [0.29, 0.717) is 0 Å². The summed E-state index contributed by atoms with van der Waals surface area (Å²) in [5.74, 6) is 0. The third-order valence-electron chi connectivity index (χ3n) is 2.11. The predicted octanol–water partition coefficient (Wildman–Crippen LogP) is 1.53. The Kier molecular flexibility index (Phi) is 8.41. The molecule has 0 aliphatic carbocycles. The van der Waals surface area contributed by atoms with Gasteiger partial charge in [-0.2, -0.15) is 16.8 Å². The minimum absolute atomic E-state index is 0.0406. The molecule has 0 aromatic rings. The van der Waals surface area contributed by atoms with E-state index in [1.54, 1.807) is 0 Å². The molecule has 0 rings (SSSR count). The van der Waals surface area contributed by atoms with Gasteiger partial charge in [-0.3, -0.25) is 18.2 Å². The van der Waals surface area contributed by atoms with E-state index in [9.17, 15) is 16.8 Å². The first-order valence-corrected chi connectivity index (χ1v) is 11.5. The van der Waals surface area contributed by atoms with Crippen LogP contribution in [-0.2, 0) is 45.6 Å². The lowest BCUT2D eigenvalue weighted by Gasteiger charge is -2.27. The molecule has 9 nitrogen and oxygen atoms in total. The van der Waals surface area contributed by atoms with Gasteiger partial charge in [0, 0.05) is 0 Å². The van der Waals surface area contributed by atoms with Crippen LogP contribution in [0.5, 0.6) is 0 Å². The van der Waals surface area contributed by atoms with Gasteiger partial charge in [0.25, 0.3) is 20.2 Å². The van der Waals surface area contributed by atoms with Crippen LogP contribution in [0, 0.1) is 0 Å². The van der Waals surface area contributed by atoms with Crippen molar-refractivity contribution in [2.45, 2.75) is 44.5 Å². The molecular formula is C8H19O9PS3. The second kappa shape index (κ2) is 8.27. The molecule has 0 aromatic heterocycles. The summed E-state index contributed by atoms with van der Waals surface area (Å²) in [4.78, 5) is 0. The second-order valence-electron chi connectivity index (χ2n) is 3.78. The van der Waals surface area contributed by atoms with E-state index in [-0.39, 0.29) is 19.4 Å². The van der Waals surface area contributed by atoms with Crippen molar-refractivity contribution in [3.05, 3.63) is 0 Å². The van der Waals surface area contributed by atoms with Crippen molar-refractivity contribution in [1.29, 1.82) is 0 Å². The summed E-state index contributed by atoms with van der Waals surface area (Å²) in [6, 6.07) is 0. The average Bonchev–Trinajstić information content (AvgIpc) is 2.31. The fraction of sp³-hybridized carbons (Fsp3) is 1.00. The van der Waals surface area contributed by atoms with Gasteiger partial charge in [-0.05, 0) is 31.6 Å². The summed E-state index contributed by atoms with van der Waals surface area (Å²) < 4.78 is 77.5. The molecule has 2 atom stereocenters. The molecule has 0 amide bonds. The summed E-state index contributed by atoms with van der Waals surface area (Å²) >= 11 is 4.92. The summed E-state index contributed by atoms with van der Waals surface area (Å²) in [6.07, 6.45) is -0.313. The van der Waals surface area contributed by atoms with Crippen molar-refractivity contribution in [2.75, 3.05) is 6.61 Å². The maximum absolute atomic E-state index is 11.1. The van der Waals surface area contributed by atoms with Gasteiger partial charge in [0.2, 0.25) is 0 Å². The van der Waals surface area contributed by atoms with Crippen LogP contribution in [-0.4, -0.2) is 43.4 Å². The minimum atomic E-state index is -4.58. The molecule has 21 heavy (non-hydrogen) atoms. The maximum Gasteiger partial charge on any atom is 0.329 e. The smallest absolute Gasteiger partial charge is 0.309 e.